The third kappa shape index (κ3) is 3.26. The highest BCUT2D eigenvalue weighted by molar-refractivity contribution is 6.31. The summed E-state index contributed by atoms with van der Waals surface area (Å²) in [7, 11) is 0. The molecule has 0 N–H and O–H groups in total. The molecule has 0 saturated heterocycles. The van der Waals surface area contributed by atoms with Gasteiger partial charge in [0.05, 0.1) is 9.95 Å². The molecule has 4 nitrogen and oxygen atoms in total. The summed E-state index contributed by atoms with van der Waals surface area (Å²) in [5.41, 5.74) is 1.84. The third-order valence-corrected chi connectivity index (χ3v) is 3.74. The van der Waals surface area contributed by atoms with Crippen LogP contribution in [0.4, 0.5) is 5.69 Å². The molecule has 0 spiro atoms. The molecule has 22 heavy (non-hydrogen) atoms. The average Bonchev–Trinajstić information content (AvgIpc) is 2.49. The fourth-order valence-electron chi connectivity index (χ4n) is 2.34. The molecule has 112 valence electrons. The molecular formula is C16H12BrClN2O2. The van der Waals surface area contributed by atoms with Gasteiger partial charge >= 0.3 is 0 Å². The summed E-state index contributed by atoms with van der Waals surface area (Å²) in [4.78, 5) is 10.5. The predicted molar refractivity (Wildman–Crippen MR) is 81.4 cm³/mol. The number of nitrogens with zero attached hydrogens (tertiary/aromatic N) is 2. The second-order valence-corrected chi connectivity index (χ2v) is 5.13. The third-order valence-electron chi connectivity index (χ3n) is 3.37. The van der Waals surface area contributed by atoms with Gasteiger partial charge in [0.15, 0.2) is 12.7 Å². The SMILES string of the molecule is O=[N+]([O-])c1ccc(Cl)c(C[n+]2cccc3ccccc32)c1.[Br-]. The van der Waals surface area contributed by atoms with Gasteiger partial charge in [-0.15, -0.1) is 0 Å². The Bertz CT molecular complexity index is 834. The van der Waals surface area contributed by atoms with Gasteiger partial charge in [0.1, 0.15) is 0 Å². The monoisotopic (exact) mass is 378 g/mol. The standard InChI is InChI=1S/C16H12ClN2O2.BrH/c17-15-8-7-14(19(20)21)10-13(15)11-18-9-3-5-12-4-1-2-6-16(12)18;/h1-10H,11H2;1H/q+1;/p-1. The number of aromatic nitrogens is 1. The average molecular weight is 380 g/mol. The van der Waals surface area contributed by atoms with Crippen LogP contribution in [0.25, 0.3) is 10.9 Å². The number of para-hydroxylation sites is 1. The van der Waals surface area contributed by atoms with Gasteiger partial charge in [-0.05, 0) is 18.2 Å². The van der Waals surface area contributed by atoms with E-state index in [0.717, 1.165) is 16.5 Å². The summed E-state index contributed by atoms with van der Waals surface area (Å²) in [6.07, 6.45) is 1.94. The molecular weight excluding hydrogens is 368 g/mol. The Hall–Kier alpha value is -1.98. The first kappa shape index (κ1) is 16.4. The van der Waals surface area contributed by atoms with Crippen LogP contribution in [0.1, 0.15) is 5.56 Å². The fourth-order valence-corrected chi connectivity index (χ4v) is 2.52. The van der Waals surface area contributed by atoms with Crippen molar-refractivity contribution in [3.05, 3.63) is 81.5 Å². The molecule has 2 aromatic carbocycles. The second-order valence-electron chi connectivity index (χ2n) is 4.73. The quantitative estimate of drug-likeness (QED) is 0.383. The van der Waals surface area contributed by atoms with Gasteiger partial charge in [0.25, 0.3) is 5.69 Å². The van der Waals surface area contributed by atoms with Gasteiger partial charge < -0.3 is 17.0 Å². The molecule has 1 heterocycles. The van der Waals surface area contributed by atoms with Crippen LogP contribution in [0.5, 0.6) is 0 Å². The summed E-state index contributed by atoms with van der Waals surface area (Å²) in [6, 6.07) is 16.5. The molecule has 0 amide bonds. The number of hydrogen-bond acceptors (Lipinski definition) is 2. The van der Waals surface area contributed by atoms with Crippen molar-refractivity contribution in [2.45, 2.75) is 6.54 Å². The Morgan fingerprint density at radius 3 is 2.59 bits per heavy atom. The van der Waals surface area contributed by atoms with E-state index in [4.69, 9.17) is 11.6 Å². The van der Waals surface area contributed by atoms with Crippen LogP contribution in [-0.2, 0) is 6.54 Å². The molecule has 0 atom stereocenters. The van der Waals surface area contributed by atoms with Gasteiger partial charge in [-0.1, -0.05) is 23.7 Å². The Balaban J connectivity index is 0.00000176. The topological polar surface area (TPSA) is 47.0 Å². The zero-order valence-corrected chi connectivity index (χ0v) is 13.8. The summed E-state index contributed by atoms with van der Waals surface area (Å²) in [5, 5.41) is 12.5. The molecule has 0 unspecified atom stereocenters. The number of hydrogen-bond donors (Lipinski definition) is 0. The molecule has 3 rings (SSSR count). The van der Waals surface area contributed by atoms with Crippen LogP contribution in [-0.4, -0.2) is 4.92 Å². The van der Waals surface area contributed by atoms with Gasteiger partial charge in [-0.25, -0.2) is 0 Å². The summed E-state index contributed by atoms with van der Waals surface area (Å²) >= 11 is 6.17. The number of pyridine rings is 1. The van der Waals surface area contributed by atoms with E-state index in [0.29, 0.717) is 11.6 Å². The van der Waals surface area contributed by atoms with Crippen molar-refractivity contribution in [2.75, 3.05) is 0 Å². The lowest BCUT2D eigenvalue weighted by atomic mass is 10.1. The summed E-state index contributed by atoms with van der Waals surface area (Å²) in [6.45, 7) is 0.488. The minimum atomic E-state index is -0.409. The Labute approximate surface area is 142 Å². The molecule has 0 aliphatic heterocycles. The normalized spacial score (nSPS) is 10.2. The fraction of sp³-hybridized carbons (Fsp3) is 0.0625. The largest absolute Gasteiger partial charge is 1.00 e. The molecule has 0 bridgehead atoms. The number of fused-ring (bicyclic) bond motifs is 1. The lowest BCUT2D eigenvalue weighted by Gasteiger charge is -2.03. The first-order valence-corrected chi connectivity index (χ1v) is 6.83. The van der Waals surface area contributed by atoms with Crippen LogP contribution in [0.15, 0.2) is 60.8 Å². The smallest absolute Gasteiger partial charge is 0.270 e. The van der Waals surface area contributed by atoms with E-state index in [9.17, 15) is 10.1 Å². The minimum absolute atomic E-state index is 0. The highest BCUT2D eigenvalue weighted by Gasteiger charge is 2.15. The zero-order chi connectivity index (χ0) is 14.8. The van der Waals surface area contributed by atoms with Gasteiger partial charge in [0.2, 0.25) is 5.52 Å². The molecule has 0 aliphatic rings. The van der Waals surface area contributed by atoms with Crippen molar-refractivity contribution in [2.24, 2.45) is 0 Å². The maximum Gasteiger partial charge on any atom is 0.270 e. The van der Waals surface area contributed by atoms with Crippen LogP contribution in [0.2, 0.25) is 5.02 Å². The molecule has 0 radical (unpaired) electrons. The maximum absolute atomic E-state index is 10.9. The number of rotatable bonds is 3. The van der Waals surface area contributed by atoms with E-state index in [-0.39, 0.29) is 22.7 Å². The van der Waals surface area contributed by atoms with Crippen molar-refractivity contribution in [3.63, 3.8) is 0 Å². The van der Waals surface area contributed by atoms with E-state index >= 15 is 0 Å². The summed E-state index contributed by atoms with van der Waals surface area (Å²) < 4.78 is 2.03. The zero-order valence-electron chi connectivity index (χ0n) is 11.4. The van der Waals surface area contributed by atoms with Crippen molar-refractivity contribution < 1.29 is 26.5 Å². The molecule has 0 aliphatic carbocycles. The van der Waals surface area contributed by atoms with E-state index in [1.54, 1.807) is 6.07 Å². The number of non-ortho nitro benzene ring substituents is 1. The van der Waals surface area contributed by atoms with Crippen molar-refractivity contribution in [1.29, 1.82) is 0 Å². The highest BCUT2D eigenvalue weighted by Crippen LogP contribution is 2.22. The number of benzene rings is 2. The van der Waals surface area contributed by atoms with E-state index in [2.05, 4.69) is 0 Å². The van der Waals surface area contributed by atoms with E-state index in [1.807, 2.05) is 47.2 Å². The molecule has 1 aromatic heterocycles. The first-order valence-electron chi connectivity index (χ1n) is 6.45. The highest BCUT2D eigenvalue weighted by atomic mass is 79.9. The van der Waals surface area contributed by atoms with Crippen molar-refractivity contribution in [1.82, 2.24) is 0 Å². The second kappa shape index (κ2) is 6.85. The molecule has 0 saturated carbocycles. The van der Waals surface area contributed by atoms with Crippen LogP contribution in [0.3, 0.4) is 0 Å². The van der Waals surface area contributed by atoms with Gasteiger partial charge in [0, 0.05) is 35.2 Å². The molecule has 0 fully saturated rings. The van der Waals surface area contributed by atoms with Crippen molar-refractivity contribution in [3.8, 4) is 0 Å². The van der Waals surface area contributed by atoms with E-state index < -0.39 is 4.92 Å². The van der Waals surface area contributed by atoms with Crippen LogP contribution in [0, 0.1) is 10.1 Å². The Kier molecular flexibility index (Phi) is 5.11. The van der Waals surface area contributed by atoms with Crippen LogP contribution < -0.4 is 21.5 Å². The van der Waals surface area contributed by atoms with E-state index in [1.165, 1.54) is 12.1 Å². The Morgan fingerprint density at radius 1 is 1.09 bits per heavy atom. The summed E-state index contributed by atoms with van der Waals surface area (Å²) in [5.74, 6) is 0. The Morgan fingerprint density at radius 2 is 1.82 bits per heavy atom. The maximum atomic E-state index is 10.9. The number of halogens is 2. The van der Waals surface area contributed by atoms with Crippen molar-refractivity contribution >= 4 is 28.2 Å². The first-order chi connectivity index (χ1) is 10.1. The lowest BCUT2D eigenvalue weighted by molar-refractivity contribution is -0.662. The van der Waals surface area contributed by atoms with Crippen LogP contribution >= 0.6 is 11.6 Å². The van der Waals surface area contributed by atoms with Gasteiger partial charge in [-0.2, -0.15) is 4.57 Å². The number of nitro benzene ring substituents is 1. The molecule has 3 aromatic rings. The number of nitro groups is 1. The lowest BCUT2D eigenvalue weighted by Crippen LogP contribution is -3.00. The minimum Gasteiger partial charge on any atom is -1.00 e. The predicted octanol–water partition coefficient (Wildman–Crippen LogP) is 0.741. The van der Waals surface area contributed by atoms with Gasteiger partial charge in [-0.3, -0.25) is 10.1 Å². The molecule has 6 heteroatoms.